The van der Waals surface area contributed by atoms with E-state index in [-0.39, 0.29) is 17.7 Å². The molecule has 1 saturated heterocycles. The number of ether oxygens (including phenoxy) is 1. The summed E-state index contributed by atoms with van der Waals surface area (Å²) in [5.74, 6) is 1.42. The SMILES string of the molecule is COc1ccc(CNC(=O)CN2CCSC2=O)cc1. The van der Waals surface area contributed by atoms with Gasteiger partial charge in [0.25, 0.3) is 5.24 Å². The minimum absolute atomic E-state index is 0.0143. The van der Waals surface area contributed by atoms with Crippen molar-refractivity contribution in [3.8, 4) is 5.75 Å². The Balaban J connectivity index is 1.77. The number of hydrogen-bond acceptors (Lipinski definition) is 4. The summed E-state index contributed by atoms with van der Waals surface area (Å²) < 4.78 is 5.06. The Bertz CT molecular complexity index is 461. The van der Waals surface area contributed by atoms with E-state index in [9.17, 15) is 9.59 Å². The number of carbonyl (C=O) groups excluding carboxylic acids is 2. The van der Waals surface area contributed by atoms with Crippen molar-refractivity contribution >= 4 is 22.9 Å². The third-order valence-electron chi connectivity index (χ3n) is 2.83. The molecular formula is C13H16N2O3S. The maximum atomic E-state index is 11.7. The van der Waals surface area contributed by atoms with Crippen LogP contribution in [0.1, 0.15) is 5.56 Å². The second kappa shape index (κ2) is 6.47. The summed E-state index contributed by atoms with van der Waals surface area (Å²) in [6, 6.07) is 7.50. The lowest BCUT2D eigenvalue weighted by Crippen LogP contribution is -2.36. The second-order valence-corrected chi connectivity index (χ2v) is 5.21. The van der Waals surface area contributed by atoms with Crippen LogP contribution in [0.2, 0.25) is 0 Å². The monoisotopic (exact) mass is 280 g/mol. The fraction of sp³-hybridized carbons (Fsp3) is 0.385. The molecule has 1 aromatic rings. The summed E-state index contributed by atoms with van der Waals surface area (Å²) in [6.45, 7) is 1.25. The van der Waals surface area contributed by atoms with Crippen molar-refractivity contribution in [3.05, 3.63) is 29.8 Å². The Morgan fingerprint density at radius 2 is 2.16 bits per heavy atom. The first-order valence-corrected chi connectivity index (χ1v) is 6.99. The molecule has 2 rings (SSSR count). The van der Waals surface area contributed by atoms with Gasteiger partial charge in [-0.3, -0.25) is 9.59 Å². The topological polar surface area (TPSA) is 58.6 Å². The van der Waals surface area contributed by atoms with Crippen molar-refractivity contribution in [3.63, 3.8) is 0 Å². The number of carbonyl (C=O) groups is 2. The van der Waals surface area contributed by atoms with Crippen LogP contribution in [0.15, 0.2) is 24.3 Å². The van der Waals surface area contributed by atoms with E-state index in [1.165, 1.54) is 11.8 Å². The highest BCUT2D eigenvalue weighted by Crippen LogP contribution is 2.16. The lowest BCUT2D eigenvalue weighted by Gasteiger charge is -2.14. The molecule has 1 N–H and O–H groups in total. The average molecular weight is 280 g/mol. The number of benzene rings is 1. The lowest BCUT2D eigenvalue weighted by atomic mass is 10.2. The summed E-state index contributed by atoms with van der Waals surface area (Å²) in [5.41, 5.74) is 0.997. The van der Waals surface area contributed by atoms with Crippen LogP contribution in [-0.4, -0.2) is 42.0 Å². The number of nitrogens with zero attached hydrogens (tertiary/aromatic N) is 1. The van der Waals surface area contributed by atoms with E-state index in [1.54, 1.807) is 12.0 Å². The molecule has 0 atom stereocenters. The van der Waals surface area contributed by atoms with Gasteiger partial charge in [0.2, 0.25) is 5.91 Å². The van der Waals surface area contributed by atoms with Crippen molar-refractivity contribution in [1.29, 1.82) is 0 Å². The van der Waals surface area contributed by atoms with E-state index in [1.807, 2.05) is 24.3 Å². The molecule has 0 aliphatic carbocycles. The Labute approximate surface area is 116 Å². The zero-order valence-electron chi connectivity index (χ0n) is 10.7. The van der Waals surface area contributed by atoms with Crippen LogP contribution < -0.4 is 10.1 Å². The molecule has 0 radical (unpaired) electrons. The van der Waals surface area contributed by atoms with Crippen LogP contribution in [0.4, 0.5) is 4.79 Å². The van der Waals surface area contributed by atoms with Crippen LogP contribution in [-0.2, 0) is 11.3 Å². The van der Waals surface area contributed by atoms with Gasteiger partial charge in [-0.15, -0.1) is 0 Å². The van der Waals surface area contributed by atoms with Crippen LogP contribution in [0.25, 0.3) is 0 Å². The number of nitrogens with one attached hydrogen (secondary N) is 1. The summed E-state index contributed by atoms with van der Waals surface area (Å²) in [5, 5.41) is 2.79. The van der Waals surface area contributed by atoms with Gasteiger partial charge in [0.05, 0.1) is 7.11 Å². The lowest BCUT2D eigenvalue weighted by molar-refractivity contribution is -0.121. The van der Waals surface area contributed by atoms with Gasteiger partial charge in [0.1, 0.15) is 12.3 Å². The van der Waals surface area contributed by atoms with Gasteiger partial charge >= 0.3 is 0 Å². The number of thioether (sulfide) groups is 1. The number of rotatable bonds is 5. The quantitative estimate of drug-likeness (QED) is 0.887. The van der Waals surface area contributed by atoms with Crippen molar-refractivity contribution in [2.45, 2.75) is 6.54 Å². The maximum Gasteiger partial charge on any atom is 0.282 e. The maximum absolute atomic E-state index is 11.7. The summed E-state index contributed by atoms with van der Waals surface area (Å²) in [6.07, 6.45) is 0. The van der Waals surface area contributed by atoms with Gasteiger partial charge < -0.3 is 15.0 Å². The first-order chi connectivity index (χ1) is 9.19. The fourth-order valence-electron chi connectivity index (χ4n) is 1.74. The molecule has 1 aliphatic rings. The molecule has 0 saturated carbocycles. The fourth-order valence-corrected chi connectivity index (χ4v) is 2.57. The molecule has 102 valence electrons. The molecule has 1 aromatic carbocycles. The molecule has 0 unspecified atom stereocenters. The zero-order valence-corrected chi connectivity index (χ0v) is 11.5. The first kappa shape index (κ1) is 13.7. The Kier molecular flexibility index (Phi) is 4.68. The molecule has 19 heavy (non-hydrogen) atoms. The van der Waals surface area contributed by atoms with Crippen LogP contribution in [0.5, 0.6) is 5.75 Å². The highest BCUT2D eigenvalue weighted by atomic mass is 32.2. The molecule has 0 aromatic heterocycles. The molecule has 1 fully saturated rings. The third-order valence-corrected chi connectivity index (χ3v) is 3.72. The van der Waals surface area contributed by atoms with Crippen molar-refractivity contribution in [2.24, 2.45) is 0 Å². The van der Waals surface area contributed by atoms with Crippen molar-refractivity contribution < 1.29 is 14.3 Å². The average Bonchev–Trinajstić information content (AvgIpc) is 2.82. The molecule has 5 nitrogen and oxygen atoms in total. The van der Waals surface area contributed by atoms with E-state index in [0.29, 0.717) is 13.1 Å². The summed E-state index contributed by atoms with van der Waals surface area (Å²) in [4.78, 5) is 24.6. The van der Waals surface area contributed by atoms with Gasteiger partial charge in [-0.25, -0.2) is 0 Å². The van der Waals surface area contributed by atoms with E-state index >= 15 is 0 Å². The highest BCUT2D eigenvalue weighted by molar-refractivity contribution is 8.13. The Morgan fingerprint density at radius 1 is 1.42 bits per heavy atom. The number of hydrogen-bond donors (Lipinski definition) is 1. The molecule has 2 amide bonds. The smallest absolute Gasteiger partial charge is 0.282 e. The predicted octanol–water partition coefficient (Wildman–Crippen LogP) is 1.48. The standard InChI is InChI=1S/C13H16N2O3S/c1-18-11-4-2-10(3-5-11)8-14-12(16)9-15-6-7-19-13(15)17/h2-5H,6-9H2,1H3,(H,14,16). The van der Waals surface area contributed by atoms with Gasteiger partial charge in [-0.2, -0.15) is 0 Å². The number of amides is 2. The largest absolute Gasteiger partial charge is 0.497 e. The summed E-state index contributed by atoms with van der Waals surface area (Å²) >= 11 is 1.26. The minimum Gasteiger partial charge on any atom is -0.497 e. The van der Waals surface area contributed by atoms with Crippen LogP contribution in [0.3, 0.4) is 0 Å². The highest BCUT2D eigenvalue weighted by Gasteiger charge is 2.22. The summed E-state index contributed by atoms with van der Waals surface area (Å²) in [7, 11) is 1.61. The third kappa shape index (κ3) is 3.89. The number of methoxy groups -OCH3 is 1. The zero-order chi connectivity index (χ0) is 13.7. The Morgan fingerprint density at radius 3 is 2.74 bits per heavy atom. The van der Waals surface area contributed by atoms with E-state index in [0.717, 1.165) is 17.1 Å². The normalized spacial score (nSPS) is 14.6. The van der Waals surface area contributed by atoms with Gasteiger partial charge in [-0.1, -0.05) is 23.9 Å². The molecule has 0 bridgehead atoms. The van der Waals surface area contributed by atoms with Crippen LogP contribution >= 0.6 is 11.8 Å². The van der Waals surface area contributed by atoms with Crippen molar-refractivity contribution in [1.82, 2.24) is 10.2 Å². The van der Waals surface area contributed by atoms with E-state index in [4.69, 9.17) is 4.74 Å². The predicted molar refractivity (Wildman–Crippen MR) is 74.3 cm³/mol. The second-order valence-electron chi connectivity index (χ2n) is 4.16. The van der Waals surface area contributed by atoms with E-state index in [2.05, 4.69) is 5.32 Å². The molecule has 1 heterocycles. The first-order valence-electron chi connectivity index (χ1n) is 6.00. The molecule has 1 aliphatic heterocycles. The van der Waals surface area contributed by atoms with Gasteiger partial charge in [-0.05, 0) is 17.7 Å². The van der Waals surface area contributed by atoms with Crippen LogP contribution in [0, 0.1) is 0 Å². The van der Waals surface area contributed by atoms with Gasteiger partial charge in [0, 0.05) is 18.8 Å². The van der Waals surface area contributed by atoms with E-state index < -0.39 is 0 Å². The molecule has 0 spiro atoms. The van der Waals surface area contributed by atoms with Crippen molar-refractivity contribution in [2.75, 3.05) is 26.0 Å². The molecular weight excluding hydrogens is 264 g/mol. The minimum atomic E-state index is -0.133. The van der Waals surface area contributed by atoms with Gasteiger partial charge in [0.15, 0.2) is 0 Å². The molecule has 6 heteroatoms. The Hall–Kier alpha value is -1.69.